The molecule has 3 heteroatoms. The summed E-state index contributed by atoms with van der Waals surface area (Å²) in [5, 5.41) is 0. The quantitative estimate of drug-likeness (QED) is 0.528. The third-order valence-electron chi connectivity index (χ3n) is 1.83. The molecule has 1 saturated heterocycles. The maximum absolute atomic E-state index is 5.30. The Kier molecular flexibility index (Phi) is 2.33. The van der Waals surface area contributed by atoms with E-state index in [0.29, 0.717) is 5.92 Å². The first-order valence-electron chi connectivity index (χ1n) is 3.31. The summed E-state index contributed by atoms with van der Waals surface area (Å²) in [6, 6.07) is 0. The number of aliphatic imine (C=N–C) groups is 1. The van der Waals surface area contributed by atoms with Crippen molar-refractivity contribution in [3.63, 3.8) is 0 Å². The highest BCUT2D eigenvalue weighted by molar-refractivity contribution is 5.85. The van der Waals surface area contributed by atoms with Crippen LogP contribution in [0.3, 0.4) is 0 Å². The van der Waals surface area contributed by atoms with Crippen molar-refractivity contribution in [2.45, 2.75) is 12.8 Å². The van der Waals surface area contributed by atoms with Gasteiger partial charge < -0.3 is 4.74 Å². The molecule has 0 spiro atoms. The third kappa shape index (κ3) is 1.16. The molecule has 0 aromatic rings. The van der Waals surface area contributed by atoms with Crippen LogP contribution in [0.25, 0.3) is 0 Å². The number of fused-ring (bicyclic) bond motifs is 1. The second-order valence-corrected chi connectivity index (χ2v) is 2.43. The Morgan fingerprint density at radius 3 is 3.30 bits per heavy atom. The van der Waals surface area contributed by atoms with Crippen molar-refractivity contribution in [3.8, 4) is 0 Å². The molecule has 2 aliphatic heterocycles. The first-order valence-corrected chi connectivity index (χ1v) is 3.31. The zero-order valence-corrected chi connectivity index (χ0v) is 6.43. The summed E-state index contributed by atoms with van der Waals surface area (Å²) in [4.78, 5) is 4.01. The molecule has 2 heterocycles. The van der Waals surface area contributed by atoms with Gasteiger partial charge in [0.2, 0.25) is 0 Å². The van der Waals surface area contributed by atoms with Gasteiger partial charge in [0.05, 0.1) is 12.8 Å². The molecule has 0 bridgehead atoms. The SMILES string of the molecule is C1=NC=C2OCCC2C1.Cl. The summed E-state index contributed by atoms with van der Waals surface area (Å²) in [5.41, 5.74) is 0. The smallest absolute Gasteiger partial charge is 0.118 e. The van der Waals surface area contributed by atoms with Crippen LogP contribution in [0.2, 0.25) is 0 Å². The van der Waals surface area contributed by atoms with Crippen LogP contribution in [0.5, 0.6) is 0 Å². The molecule has 1 fully saturated rings. The fourth-order valence-corrected chi connectivity index (χ4v) is 1.27. The Bertz CT molecular complexity index is 176. The van der Waals surface area contributed by atoms with Crippen LogP contribution in [0.15, 0.2) is 17.0 Å². The Hall–Kier alpha value is -0.500. The van der Waals surface area contributed by atoms with Crippen molar-refractivity contribution < 1.29 is 4.74 Å². The molecule has 0 saturated carbocycles. The van der Waals surface area contributed by atoms with Gasteiger partial charge >= 0.3 is 0 Å². The molecule has 1 unspecified atom stereocenters. The van der Waals surface area contributed by atoms with Gasteiger partial charge in [-0.2, -0.15) is 0 Å². The molecule has 2 nitrogen and oxygen atoms in total. The summed E-state index contributed by atoms with van der Waals surface area (Å²) in [6.45, 7) is 0.889. The van der Waals surface area contributed by atoms with E-state index in [1.165, 1.54) is 6.42 Å². The number of ether oxygens (including phenoxy) is 1. The molecular weight excluding hydrogens is 150 g/mol. The van der Waals surface area contributed by atoms with E-state index in [-0.39, 0.29) is 12.4 Å². The average Bonchev–Trinajstić information content (AvgIpc) is 2.33. The van der Waals surface area contributed by atoms with Crippen LogP contribution < -0.4 is 0 Å². The van der Waals surface area contributed by atoms with E-state index in [1.807, 2.05) is 12.4 Å². The Balaban J connectivity index is 0.000000500. The van der Waals surface area contributed by atoms with Crippen molar-refractivity contribution in [1.82, 2.24) is 0 Å². The summed E-state index contributed by atoms with van der Waals surface area (Å²) in [5.74, 6) is 1.75. The molecule has 1 atom stereocenters. The number of halogens is 1. The monoisotopic (exact) mass is 159 g/mol. The minimum absolute atomic E-state index is 0. The second-order valence-electron chi connectivity index (χ2n) is 2.43. The van der Waals surface area contributed by atoms with Gasteiger partial charge in [0.25, 0.3) is 0 Å². The minimum atomic E-state index is 0. The predicted octanol–water partition coefficient (Wildman–Crippen LogP) is 1.76. The van der Waals surface area contributed by atoms with E-state index in [2.05, 4.69) is 4.99 Å². The van der Waals surface area contributed by atoms with Gasteiger partial charge in [0.1, 0.15) is 5.76 Å². The van der Waals surface area contributed by atoms with Crippen molar-refractivity contribution in [2.24, 2.45) is 10.9 Å². The van der Waals surface area contributed by atoms with Crippen LogP contribution >= 0.6 is 12.4 Å². The molecule has 0 aromatic carbocycles. The first-order chi connectivity index (χ1) is 4.47. The van der Waals surface area contributed by atoms with Crippen LogP contribution in [0.1, 0.15) is 12.8 Å². The Morgan fingerprint density at radius 2 is 2.50 bits per heavy atom. The van der Waals surface area contributed by atoms with Crippen molar-refractivity contribution >= 4 is 18.6 Å². The van der Waals surface area contributed by atoms with Crippen molar-refractivity contribution in [3.05, 3.63) is 12.0 Å². The molecule has 2 aliphatic rings. The van der Waals surface area contributed by atoms with E-state index in [0.717, 1.165) is 18.8 Å². The zero-order valence-electron chi connectivity index (χ0n) is 5.62. The van der Waals surface area contributed by atoms with Crippen molar-refractivity contribution in [1.29, 1.82) is 0 Å². The number of nitrogens with zero attached hydrogens (tertiary/aromatic N) is 1. The lowest BCUT2D eigenvalue weighted by atomic mass is 10.0. The highest BCUT2D eigenvalue weighted by Gasteiger charge is 2.22. The normalized spacial score (nSPS) is 28.0. The molecule has 56 valence electrons. The number of hydrogen-bond acceptors (Lipinski definition) is 2. The third-order valence-corrected chi connectivity index (χ3v) is 1.83. The molecule has 0 N–H and O–H groups in total. The molecule has 0 aliphatic carbocycles. The maximum Gasteiger partial charge on any atom is 0.118 e. The van der Waals surface area contributed by atoms with Gasteiger partial charge in [-0.25, -0.2) is 0 Å². The lowest BCUT2D eigenvalue weighted by Crippen LogP contribution is -2.00. The maximum atomic E-state index is 5.30. The molecule has 0 aromatic heterocycles. The number of allylic oxidation sites excluding steroid dienone is 1. The van der Waals surface area contributed by atoms with Gasteiger partial charge in [-0.1, -0.05) is 0 Å². The van der Waals surface area contributed by atoms with Gasteiger partial charge in [-0.05, 0) is 12.8 Å². The first kappa shape index (κ1) is 7.61. The van der Waals surface area contributed by atoms with Crippen LogP contribution in [0.4, 0.5) is 0 Å². The van der Waals surface area contributed by atoms with Gasteiger partial charge in [0, 0.05) is 12.1 Å². The second kappa shape index (κ2) is 3.06. The highest BCUT2D eigenvalue weighted by Crippen LogP contribution is 2.28. The van der Waals surface area contributed by atoms with E-state index >= 15 is 0 Å². The van der Waals surface area contributed by atoms with E-state index in [9.17, 15) is 0 Å². The van der Waals surface area contributed by atoms with Gasteiger partial charge in [-0.3, -0.25) is 4.99 Å². The lowest BCUT2D eigenvalue weighted by Gasteiger charge is -2.07. The number of rotatable bonds is 0. The highest BCUT2D eigenvalue weighted by atomic mass is 35.5. The molecule has 10 heavy (non-hydrogen) atoms. The fraction of sp³-hybridized carbons (Fsp3) is 0.571. The standard InChI is InChI=1S/C7H9NO.ClH/c1-3-8-5-7-6(1)2-4-9-7;/h3,5-6H,1-2,4H2;1H. The summed E-state index contributed by atoms with van der Waals surface area (Å²) in [6.07, 6.45) is 6.05. The summed E-state index contributed by atoms with van der Waals surface area (Å²) < 4.78 is 5.30. The van der Waals surface area contributed by atoms with Gasteiger partial charge in [0.15, 0.2) is 0 Å². The molecule has 0 radical (unpaired) electrons. The molecule has 0 amide bonds. The van der Waals surface area contributed by atoms with E-state index < -0.39 is 0 Å². The van der Waals surface area contributed by atoms with Crippen LogP contribution in [0, 0.1) is 5.92 Å². The Labute approximate surface area is 66.4 Å². The van der Waals surface area contributed by atoms with Crippen LogP contribution in [-0.4, -0.2) is 12.8 Å². The fourth-order valence-electron chi connectivity index (χ4n) is 1.27. The number of hydrogen-bond donors (Lipinski definition) is 0. The molecular formula is C7H10ClNO. The van der Waals surface area contributed by atoms with E-state index in [4.69, 9.17) is 4.74 Å². The molecule has 2 rings (SSSR count). The summed E-state index contributed by atoms with van der Waals surface area (Å²) >= 11 is 0. The zero-order chi connectivity index (χ0) is 6.10. The topological polar surface area (TPSA) is 21.6 Å². The van der Waals surface area contributed by atoms with Crippen molar-refractivity contribution in [2.75, 3.05) is 6.61 Å². The average molecular weight is 160 g/mol. The Morgan fingerprint density at radius 1 is 1.60 bits per heavy atom. The van der Waals surface area contributed by atoms with E-state index in [1.54, 1.807) is 0 Å². The lowest BCUT2D eigenvalue weighted by molar-refractivity contribution is 0.258. The summed E-state index contributed by atoms with van der Waals surface area (Å²) in [7, 11) is 0. The predicted molar refractivity (Wildman–Crippen MR) is 42.5 cm³/mol. The minimum Gasteiger partial charge on any atom is -0.496 e. The largest absolute Gasteiger partial charge is 0.496 e. The van der Waals surface area contributed by atoms with Gasteiger partial charge in [-0.15, -0.1) is 12.4 Å². The van der Waals surface area contributed by atoms with Crippen LogP contribution in [-0.2, 0) is 4.74 Å².